The van der Waals surface area contributed by atoms with Crippen molar-refractivity contribution in [2.75, 3.05) is 6.61 Å². The van der Waals surface area contributed by atoms with E-state index in [2.05, 4.69) is 16.5 Å². The van der Waals surface area contributed by atoms with Gasteiger partial charge in [-0.2, -0.15) is 0 Å². The summed E-state index contributed by atoms with van der Waals surface area (Å²) in [5.41, 5.74) is 1.14. The van der Waals surface area contributed by atoms with Crippen LogP contribution >= 0.6 is 0 Å². The Morgan fingerprint density at radius 3 is 2.93 bits per heavy atom. The number of aryl methyl sites for hydroxylation is 1. The van der Waals surface area contributed by atoms with Gasteiger partial charge in [0.2, 0.25) is 0 Å². The molecule has 0 saturated carbocycles. The van der Waals surface area contributed by atoms with Crippen LogP contribution in [-0.2, 0) is 13.0 Å². The highest BCUT2D eigenvalue weighted by molar-refractivity contribution is 4.98. The number of aliphatic hydroxyl groups is 1. The maximum atomic E-state index is 8.83. The van der Waals surface area contributed by atoms with Gasteiger partial charge in [-0.15, -0.1) is 0 Å². The third-order valence-corrected chi connectivity index (χ3v) is 2.42. The number of aliphatic hydroxyl groups excluding tert-OH is 1. The SMILES string of the molecule is CCCCCCn1cncc1CCO. The van der Waals surface area contributed by atoms with E-state index in [-0.39, 0.29) is 6.61 Å². The van der Waals surface area contributed by atoms with Crippen LogP contribution in [0.4, 0.5) is 0 Å². The van der Waals surface area contributed by atoms with Crippen molar-refractivity contribution in [3.8, 4) is 0 Å². The Balaban J connectivity index is 2.30. The van der Waals surface area contributed by atoms with Crippen LogP contribution in [0.25, 0.3) is 0 Å². The second-order valence-corrected chi connectivity index (χ2v) is 3.61. The topological polar surface area (TPSA) is 38.0 Å². The van der Waals surface area contributed by atoms with Gasteiger partial charge < -0.3 is 9.67 Å². The molecule has 0 atom stereocenters. The van der Waals surface area contributed by atoms with Crippen LogP contribution in [-0.4, -0.2) is 21.3 Å². The molecular formula is C11H20N2O. The maximum absolute atomic E-state index is 8.83. The lowest BCUT2D eigenvalue weighted by Gasteiger charge is -2.06. The molecule has 80 valence electrons. The van der Waals surface area contributed by atoms with E-state index in [0.717, 1.165) is 12.2 Å². The van der Waals surface area contributed by atoms with Gasteiger partial charge in [-0.3, -0.25) is 0 Å². The number of nitrogens with zero attached hydrogens (tertiary/aromatic N) is 2. The van der Waals surface area contributed by atoms with Gasteiger partial charge in [0, 0.05) is 31.5 Å². The second-order valence-electron chi connectivity index (χ2n) is 3.61. The van der Waals surface area contributed by atoms with Gasteiger partial charge in [-0.05, 0) is 6.42 Å². The van der Waals surface area contributed by atoms with Crippen LogP contribution in [0.5, 0.6) is 0 Å². The smallest absolute Gasteiger partial charge is 0.0948 e. The molecule has 1 rings (SSSR count). The van der Waals surface area contributed by atoms with Gasteiger partial charge in [0.05, 0.1) is 6.33 Å². The highest BCUT2D eigenvalue weighted by Gasteiger charge is 2.00. The van der Waals surface area contributed by atoms with Gasteiger partial charge >= 0.3 is 0 Å². The zero-order valence-electron chi connectivity index (χ0n) is 8.95. The zero-order chi connectivity index (χ0) is 10.2. The minimum Gasteiger partial charge on any atom is -0.396 e. The maximum Gasteiger partial charge on any atom is 0.0948 e. The normalized spacial score (nSPS) is 10.7. The fourth-order valence-electron chi connectivity index (χ4n) is 1.58. The van der Waals surface area contributed by atoms with E-state index in [1.165, 1.54) is 25.7 Å². The summed E-state index contributed by atoms with van der Waals surface area (Å²) in [5.74, 6) is 0. The van der Waals surface area contributed by atoms with E-state index in [0.29, 0.717) is 6.42 Å². The van der Waals surface area contributed by atoms with Crippen molar-refractivity contribution in [2.45, 2.75) is 45.6 Å². The van der Waals surface area contributed by atoms with Crippen molar-refractivity contribution >= 4 is 0 Å². The molecular weight excluding hydrogens is 176 g/mol. The third-order valence-electron chi connectivity index (χ3n) is 2.42. The summed E-state index contributed by atoms with van der Waals surface area (Å²) in [6.07, 6.45) is 9.49. The van der Waals surface area contributed by atoms with Crippen molar-refractivity contribution in [1.82, 2.24) is 9.55 Å². The molecule has 14 heavy (non-hydrogen) atoms. The van der Waals surface area contributed by atoms with Crippen molar-refractivity contribution in [3.05, 3.63) is 18.2 Å². The predicted molar refractivity (Wildman–Crippen MR) is 57.2 cm³/mol. The summed E-state index contributed by atoms with van der Waals surface area (Å²) in [6, 6.07) is 0. The lowest BCUT2D eigenvalue weighted by molar-refractivity contribution is 0.296. The first-order valence-corrected chi connectivity index (χ1v) is 5.48. The molecule has 0 radical (unpaired) electrons. The number of hydrogen-bond acceptors (Lipinski definition) is 2. The Hall–Kier alpha value is -0.830. The van der Waals surface area contributed by atoms with Crippen molar-refractivity contribution in [2.24, 2.45) is 0 Å². The molecule has 1 aromatic rings. The first kappa shape index (κ1) is 11.2. The minimum atomic E-state index is 0.209. The first-order valence-electron chi connectivity index (χ1n) is 5.48. The first-order chi connectivity index (χ1) is 6.88. The number of imidazole rings is 1. The van der Waals surface area contributed by atoms with E-state index in [1.807, 2.05) is 12.5 Å². The molecule has 0 aromatic carbocycles. The number of aromatic nitrogens is 2. The molecule has 0 unspecified atom stereocenters. The fourth-order valence-corrected chi connectivity index (χ4v) is 1.58. The Kier molecular flexibility index (Phi) is 5.30. The van der Waals surface area contributed by atoms with Crippen LogP contribution in [0.15, 0.2) is 12.5 Å². The van der Waals surface area contributed by atoms with Gasteiger partial charge in [0.1, 0.15) is 0 Å². The van der Waals surface area contributed by atoms with Crippen molar-refractivity contribution < 1.29 is 5.11 Å². The molecule has 0 bridgehead atoms. The lowest BCUT2D eigenvalue weighted by atomic mass is 10.2. The highest BCUT2D eigenvalue weighted by atomic mass is 16.3. The third kappa shape index (κ3) is 3.50. The van der Waals surface area contributed by atoms with E-state index < -0.39 is 0 Å². The van der Waals surface area contributed by atoms with E-state index >= 15 is 0 Å². The summed E-state index contributed by atoms with van der Waals surface area (Å²) in [7, 11) is 0. The molecule has 3 heteroatoms. The Morgan fingerprint density at radius 1 is 1.36 bits per heavy atom. The Labute approximate surface area is 85.8 Å². The van der Waals surface area contributed by atoms with Gasteiger partial charge in [-0.1, -0.05) is 26.2 Å². The number of hydrogen-bond donors (Lipinski definition) is 1. The molecule has 0 aliphatic heterocycles. The predicted octanol–water partition coefficient (Wildman–Crippen LogP) is 2.00. The Morgan fingerprint density at radius 2 is 2.21 bits per heavy atom. The standard InChI is InChI=1S/C11H20N2O/c1-2-3-4-5-7-13-10-12-9-11(13)6-8-14/h9-10,14H,2-8H2,1H3. The molecule has 0 spiro atoms. The van der Waals surface area contributed by atoms with Gasteiger partial charge in [0.15, 0.2) is 0 Å². The molecule has 1 aromatic heterocycles. The van der Waals surface area contributed by atoms with Gasteiger partial charge in [-0.25, -0.2) is 4.98 Å². The molecule has 0 aliphatic carbocycles. The summed E-state index contributed by atoms with van der Waals surface area (Å²) in [5, 5.41) is 8.83. The monoisotopic (exact) mass is 196 g/mol. The summed E-state index contributed by atoms with van der Waals surface area (Å²) in [6.45, 7) is 3.46. The summed E-state index contributed by atoms with van der Waals surface area (Å²) < 4.78 is 2.14. The largest absolute Gasteiger partial charge is 0.396 e. The van der Waals surface area contributed by atoms with Crippen LogP contribution < -0.4 is 0 Å². The van der Waals surface area contributed by atoms with E-state index in [4.69, 9.17) is 5.11 Å². The Bertz CT molecular complexity index is 245. The van der Waals surface area contributed by atoms with Crippen LogP contribution in [0.2, 0.25) is 0 Å². The van der Waals surface area contributed by atoms with Crippen LogP contribution in [0, 0.1) is 0 Å². The summed E-state index contributed by atoms with van der Waals surface area (Å²) >= 11 is 0. The van der Waals surface area contributed by atoms with E-state index in [1.54, 1.807) is 0 Å². The molecule has 1 N–H and O–H groups in total. The number of unbranched alkanes of at least 4 members (excludes halogenated alkanes) is 3. The number of rotatable bonds is 7. The molecule has 1 heterocycles. The fraction of sp³-hybridized carbons (Fsp3) is 0.727. The van der Waals surface area contributed by atoms with Crippen molar-refractivity contribution in [1.29, 1.82) is 0 Å². The summed E-state index contributed by atoms with van der Waals surface area (Å²) in [4.78, 5) is 4.09. The average molecular weight is 196 g/mol. The molecule has 0 saturated heterocycles. The van der Waals surface area contributed by atoms with E-state index in [9.17, 15) is 0 Å². The molecule has 0 aliphatic rings. The zero-order valence-corrected chi connectivity index (χ0v) is 8.95. The lowest BCUT2D eigenvalue weighted by Crippen LogP contribution is -2.03. The molecule has 3 nitrogen and oxygen atoms in total. The van der Waals surface area contributed by atoms with Crippen molar-refractivity contribution in [3.63, 3.8) is 0 Å². The second kappa shape index (κ2) is 6.60. The van der Waals surface area contributed by atoms with Crippen LogP contribution in [0.1, 0.15) is 38.3 Å². The minimum absolute atomic E-state index is 0.209. The van der Waals surface area contributed by atoms with Gasteiger partial charge in [0.25, 0.3) is 0 Å². The quantitative estimate of drug-likeness (QED) is 0.677. The molecule has 0 amide bonds. The van der Waals surface area contributed by atoms with Crippen LogP contribution in [0.3, 0.4) is 0 Å². The molecule has 0 fully saturated rings. The average Bonchev–Trinajstić information content (AvgIpc) is 2.61. The highest BCUT2D eigenvalue weighted by Crippen LogP contribution is 2.05.